The van der Waals surface area contributed by atoms with Gasteiger partial charge in [-0.1, -0.05) is 26.0 Å². The van der Waals surface area contributed by atoms with Gasteiger partial charge in [-0.25, -0.2) is 12.8 Å². The molecule has 1 atom stereocenters. The Balaban J connectivity index is 0.00000338. The quantitative estimate of drug-likeness (QED) is 0.670. The number of nitrogens with two attached hydrogens (primary N) is 1. The molecule has 1 amide bonds. The zero-order chi connectivity index (χ0) is 18.6. The maximum Gasteiger partial charge on any atom is 0.244 e. The van der Waals surface area contributed by atoms with E-state index in [0.717, 1.165) is 31.7 Å². The highest BCUT2D eigenvalue weighted by atomic mass is 35.5. The molecule has 1 saturated carbocycles. The second kappa shape index (κ2) is 9.64. The third-order valence-electron chi connectivity index (χ3n) is 4.48. The molecule has 1 fully saturated rings. The summed E-state index contributed by atoms with van der Waals surface area (Å²) in [6, 6.07) is 4.28. The van der Waals surface area contributed by atoms with Crippen LogP contribution in [0.4, 0.5) is 4.39 Å². The van der Waals surface area contributed by atoms with Gasteiger partial charge in [-0.15, -0.1) is 12.4 Å². The molecule has 1 aliphatic carbocycles. The number of sulfonamides is 1. The first-order valence-electron chi connectivity index (χ1n) is 8.53. The third-order valence-corrected chi connectivity index (χ3v) is 5.95. The van der Waals surface area contributed by atoms with Crippen molar-refractivity contribution in [3.8, 4) is 0 Å². The summed E-state index contributed by atoms with van der Waals surface area (Å²) in [7, 11) is -4.14. The zero-order valence-corrected chi connectivity index (χ0v) is 16.6. The van der Waals surface area contributed by atoms with Gasteiger partial charge in [0.2, 0.25) is 15.9 Å². The Hall–Kier alpha value is -1.22. The summed E-state index contributed by atoms with van der Waals surface area (Å²) >= 11 is 0. The Morgan fingerprint density at radius 1 is 1.19 bits per heavy atom. The van der Waals surface area contributed by atoms with Crippen molar-refractivity contribution in [2.75, 3.05) is 0 Å². The Kier molecular flexibility index (Phi) is 8.46. The number of amides is 1. The largest absolute Gasteiger partial charge is 0.352 e. The summed E-state index contributed by atoms with van der Waals surface area (Å²) in [6.07, 6.45) is 3.21. The van der Waals surface area contributed by atoms with Crippen molar-refractivity contribution in [1.29, 1.82) is 0 Å². The van der Waals surface area contributed by atoms with Crippen LogP contribution in [0.3, 0.4) is 0 Å². The van der Waals surface area contributed by atoms with E-state index < -0.39 is 32.7 Å². The topological polar surface area (TPSA) is 101 Å². The van der Waals surface area contributed by atoms with E-state index in [1.807, 2.05) is 0 Å². The molecule has 0 aliphatic heterocycles. The molecule has 1 aromatic rings. The fourth-order valence-corrected chi connectivity index (χ4v) is 4.36. The highest BCUT2D eigenvalue weighted by molar-refractivity contribution is 7.89. The molecule has 6 nitrogen and oxygen atoms in total. The summed E-state index contributed by atoms with van der Waals surface area (Å²) in [6.45, 7) is 3.48. The van der Waals surface area contributed by atoms with Crippen LogP contribution in [0.15, 0.2) is 29.2 Å². The summed E-state index contributed by atoms with van der Waals surface area (Å²) in [5, 5.41) is 2.89. The van der Waals surface area contributed by atoms with Crippen molar-refractivity contribution in [2.45, 2.75) is 62.6 Å². The lowest BCUT2D eigenvalue weighted by atomic mass is 9.91. The average Bonchev–Trinajstić information content (AvgIpc) is 2.54. The number of hydrogen-bond donors (Lipinski definition) is 3. The summed E-state index contributed by atoms with van der Waals surface area (Å²) in [4.78, 5) is 12.1. The van der Waals surface area contributed by atoms with Gasteiger partial charge in [0.15, 0.2) is 0 Å². The van der Waals surface area contributed by atoms with Crippen molar-refractivity contribution in [3.63, 3.8) is 0 Å². The van der Waals surface area contributed by atoms with Crippen LogP contribution in [0.1, 0.15) is 39.5 Å². The zero-order valence-electron chi connectivity index (χ0n) is 14.9. The van der Waals surface area contributed by atoms with Gasteiger partial charge >= 0.3 is 0 Å². The van der Waals surface area contributed by atoms with Crippen LogP contribution in [-0.2, 0) is 14.8 Å². The predicted molar refractivity (Wildman–Crippen MR) is 101 cm³/mol. The van der Waals surface area contributed by atoms with E-state index >= 15 is 0 Å². The lowest BCUT2D eigenvalue weighted by Gasteiger charge is -2.29. The highest BCUT2D eigenvalue weighted by Crippen LogP contribution is 2.19. The minimum atomic E-state index is -4.14. The van der Waals surface area contributed by atoms with E-state index in [4.69, 9.17) is 5.73 Å². The molecule has 1 aliphatic rings. The van der Waals surface area contributed by atoms with Crippen molar-refractivity contribution >= 4 is 28.3 Å². The summed E-state index contributed by atoms with van der Waals surface area (Å²) in [5.74, 6) is -1.53. The van der Waals surface area contributed by atoms with Gasteiger partial charge in [-0.3, -0.25) is 4.79 Å². The number of carbonyl (C=O) groups excluding carboxylic acids is 1. The van der Waals surface area contributed by atoms with Gasteiger partial charge in [0.05, 0.1) is 0 Å². The van der Waals surface area contributed by atoms with Crippen LogP contribution in [0.2, 0.25) is 0 Å². The van der Waals surface area contributed by atoms with Crippen molar-refractivity contribution < 1.29 is 17.6 Å². The van der Waals surface area contributed by atoms with Crippen molar-refractivity contribution in [2.24, 2.45) is 11.7 Å². The second-order valence-electron chi connectivity index (χ2n) is 6.89. The van der Waals surface area contributed by atoms with Crippen molar-refractivity contribution in [3.05, 3.63) is 30.1 Å². The van der Waals surface area contributed by atoms with Gasteiger partial charge in [-0.2, -0.15) is 4.72 Å². The first kappa shape index (κ1) is 22.8. The van der Waals surface area contributed by atoms with E-state index in [1.54, 1.807) is 13.8 Å². The van der Waals surface area contributed by atoms with Gasteiger partial charge in [0, 0.05) is 12.1 Å². The number of halogens is 2. The fourth-order valence-electron chi connectivity index (χ4n) is 2.94. The van der Waals surface area contributed by atoms with Crippen LogP contribution < -0.4 is 15.8 Å². The van der Waals surface area contributed by atoms with Crippen LogP contribution in [0, 0.1) is 11.7 Å². The molecule has 26 heavy (non-hydrogen) atoms. The van der Waals surface area contributed by atoms with E-state index in [2.05, 4.69) is 10.0 Å². The summed E-state index contributed by atoms with van der Waals surface area (Å²) < 4.78 is 41.1. The highest BCUT2D eigenvalue weighted by Gasteiger charge is 2.31. The lowest BCUT2D eigenvalue weighted by molar-refractivity contribution is -0.124. The maximum atomic E-state index is 13.8. The molecule has 2 rings (SSSR count). The smallest absolute Gasteiger partial charge is 0.244 e. The van der Waals surface area contributed by atoms with E-state index in [1.165, 1.54) is 18.2 Å². The number of benzene rings is 1. The first-order chi connectivity index (χ1) is 11.7. The Bertz CT molecular complexity index is 707. The van der Waals surface area contributed by atoms with Gasteiger partial charge in [0.25, 0.3) is 0 Å². The van der Waals surface area contributed by atoms with Crippen molar-refractivity contribution in [1.82, 2.24) is 10.0 Å². The predicted octanol–water partition coefficient (Wildman–Crippen LogP) is 1.94. The number of nitrogens with one attached hydrogen (secondary N) is 2. The molecule has 0 radical (unpaired) electrons. The molecular weight excluding hydrogens is 381 g/mol. The average molecular weight is 408 g/mol. The van der Waals surface area contributed by atoms with Gasteiger partial charge in [-0.05, 0) is 43.7 Å². The Morgan fingerprint density at radius 2 is 1.77 bits per heavy atom. The van der Waals surface area contributed by atoms with Crippen LogP contribution in [-0.4, -0.2) is 32.5 Å². The molecule has 1 unspecified atom stereocenters. The standard InChI is InChI=1S/C17H26FN3O3S.ClH/c1-11(2)16(17(22)20-13-9-7-12(19)8-10-13)21-25(23,24)15-6-4-3-5-14(15)18;/h3-6,11-13,16,21H,7-10,19H2,1-2H3,(H,20,22);1H. The van der Waals surface area contributed by atoms with Crippen LogP contribution in [0.5, 0.6) is 0 Å². The van der Waals surface area contributed by atoms with Crippen LogP contribution in [0.25, 0.3) is 0 Å². The Morgan fingerprint density at radius 3 is 2.31 bits per heavy atom. The molecular formula is C17H27ClFN3O3S. The van der Waals surface area contributed by atoms with E-state index in [-0.39, 0.29) is 30.4 Å². The molecule has 0 aromatic heterocycles. The SMILES string of the molecule is CC(C)C(NS(=O)(=O)c1ccccc1F)C(=O)NC1CCC(N)CC1.Cl. The number of rotatable bonds is 6. The van der Waals surface area contributed by atoms with Gasteiger partial charge in [0.1, 0.15) is 16.8 Å². The molecule has 0 bridgehead atoms. The second-order valence-corrected chi connectivity index (χ2v) is 8.58. The molecule has 148 valence electrons. The Labute approximate surface area is 160 Å². The normalized spacial score (nSPS) is 21.7. The van der Waals surface area contributed by atoms with Crippen LogP contribution >= 0.6 is 12.4 Å². The number of carbonyl (C=O) groups is 1. The molecule has 0 saturated heterocycles. The minimum absolute atomic E-state index is 0. The summed E-state index contributed by atoms with van der Waals surface area (Å²) in [5.41, 5.74) is 5.86. The van der Waals surface area contributed by atoms with E-state index in [0.29, 0.717) is 0 Å². The number of hydrogen-bond acceptors (Lipinski definition) is 4. The monoisotopic (exact) mass is 407 g/mol. The molecule has 0 spiro atoms. The molecule has 1 aromatic carbocycles. The molecule has 4 N–H and O–H groups in total. The van der Waals surface area contributed by atoms with Gasteiger partial charge < -0.3 is 11.1 Å². The fraction of sp³-hybridized carbons (Fsp3) is 0.588. The lowest BCUT2D eigenvalue weighted by Crippen LogP contribution is -2.53. The molecule has 0 heterocycles. The third kappa shape index (κ3) is 5.90. The van der Waals surface area contributed by atoms with E-state index in [9.17, 15) is 17.6 Å². The first-order valence-corrected chi connectivity index (χ1v) is 10.0. The maximum absolute atomic E-state index is 13.8. The minimum Gasteiger partial charge on any atom is -0.352 e. The molecule has 9 heteroatoms.